The normalized spacial score (nSPS) is 25.5. The van der Waals surface area contributed by atoms with E-state index in [1.807, 2.05) is 13.8 Å². The molecule has 0 aromatic heterocycles. The zero-order valence-corrected chi connectivity index (χ0v) is 15.7. The Balaban J connectivity index is 1.55. The summed E-state index contributed by atoms with van der Waals surface area (Å²) in [5.41, 5.74) is -0.524. The van der Waals surface area contributed by atoms with Gasteiger partial charge in [0.05, 0.1) is 57.5 Å². The van der Waals surface area contributed by atoms with E-state index < -0.39 is 0 Å². The number of epoxide rings is 2. The molecule has 2 fully saturated rings. The highest BCUT2D eigenvalue weighted by Crippen LogP contribution is 2.23. The molecule has 2 saturated heterocycles. The lowest BCUT2D eigenvalue weighted by Gasteiger charge is -2.34. The first kappa shape index (κ1) is 20.1. The second-order valence-corrected chi connectivity index (χ2v) is 7.51. The Hall–Kier alpha value is -0.240. The number of hydrogen-bond acceptors (Lipinski definition) is 6. The smallest absolute Gasteiger partial charge is 0.104 e. The molecule has 0 spiro atoms. The predicted octanol–water partition coefficient (Wildman–Crippen LogP) is 2.19. The van der Waals surface area contributed by atoms with Crippen molar-refractivity contribution in [3.63, 3.8) is 0 Å². The highest BCUT2D eigenvalue weighted by molar-refractivity contribution is 4.77. The maximum absolute atomic E-state index is 6.17. The summed E-state index contributed by atoms with van der Waals surface area (Å²) in [6, 6.07) is 0. The van der Waals surface area contributed by atoms with Crippen LogP contribution in [0.3, 0.4) is 0 Å². The van der Waals surface area contributed by atoms with Gasteiger partial charge in [-0.05, 0) is 33.6 Å². The van der Waals surface area contributed by atoms with Crippen molar-refractivity contribution in [3.8, 4) is 0 Å². The maximum atomic E-state index is 6.17. The zero-order chi connectivity index (χ0) is 17.5. The third kappa shape index (κ3) is 8.74. The summed E-state index contributed by atoms with van der Waals surface area (Å²) in [6.07, 6.45) is 2.44. The van der Waals surface area contributed by atoms with Gasteiger partial charge in [0.1, 0.15) is 12.2 Å². The first-order chi connectivity index (χ1) is 11.4. The van der Waals surface area contributed by atoms with Crippen molar-refractivity contribution in [2.45, 2.75) is 63.9 Å². The molecule has 2 aliphatic rings. The third-order valence-corrected chi connectivity index (χ3v) is 4.42. The Bertz CT molecular complexity index is 353. The Labute approximate surface area is 146 Å². The Morgan fingerprint density at radius 2 is 1.46 bits per heavy atom. The van der Waals surface area contributed by atoms with Gasteiger partial charge in [0.25, 0.3) is 0 Å². The van der Waals surface area contributed by atoms with Crippen LogP contribution in [0.2, 0.25) is 0 Å². The van der Waals surface area contributed by atoms with Gasteiger partial charge in [0.15, 0.2) is 0 Å². The van der Waals surface area contributed by atoms with Crippen molar-refractivity contribution in [2.24, 2.45) is 0 Å². The summed E-state index contributed by atoms with van der Waals surface area (Å²) >= 11 is 0. The lowest BCUT2D eigenvalue weighted by molar-refractivity contribution is -0.139. The van der Waals surface area contributed by atoms with E-state index in [0.717, 1.165) is 26.1 Å². The van der Waals surface area contributed by atoms with E-state index in [1.54, 1.807) is 0 Å². The van der Waals surface area contributed by atoms with Crippen LogP contribution < -0.4 is 0 Å². The average Bonchev–Trinajstić information content (AvgIpc) is 3.44. The molecule has 0 N–H and O–H groups in total. The van der Waals surface area contributed by atoms with Crippen LogP contribution in [0.15, 0.2) is 0 Å². The predicted molar refractivity (Wildman–Crippen MR) is 90.4 cm³/mol. The lowest BCUT2D eigenvalue weighted by Crippen LogP contribution is -2.39. The second-order valence-electron chi connectivity index (χ2n) is 7.51. The fourth-order valence-electron chi connectivity index (χ4n) is 2.16. The van der Waals surface area contributed by atoms with E-state index >= 15 is 0 Å². The van der Waals surface area contributed by atoms with Crippen molar-refractivity contribution in [1.82, 2.24) is 0 Å². The van der Waals surface area contributed by atoms with Gasteiger partial charge in [0, 0.05) is 6.61 Å². The molecule has 0 amide bonds. The molecule has 2 heterocycles. The largest absolute Gasteiger partial charge is 0.379 e. The second kappa shape index (κ2) is 9.46. The molecule has 24 heavy (non-hydrogen) atoms. The van der Waals surface area contributed by atoms with Crippen LogP contribution in [0.1, 0.15) is 40.5 Å². The van der Waals surface area contributed by atoms with Gasteiger partial charge in [-0.15, -0.1) is 0 Å². The van der Waals surface area contributed by atoms with E-state index in [-0.39, 0.29) is 11.2 Å². The van der Waals surface area contributed by atoms with Gasteiger partial charge in [-0.3, -0.25) is 0 Å². The molecule has 0 radical (unpaired) electrons. The lowest BCUT2D eigenvalue weighted by atomic mass is 9.99. The molecule has 0 bridgehead atoms. The molecule has 3 unspecified atom stereocenters. The van der Waals surface area contributed by atoms with Crippen molar-refractivity contribution in [1.29, 1.82) is 0 Å². The highest BCUT2D eigenvalue weighted by atomic mass is 16.6. The van der Waals surface area contributed by atoms with Crippen molar-refractivity contribution < 1.29 is 28.4 Å². The number of rotatable bonds is 15. The van der Waals surface area contributed by atoms with Gasteiger partial charge >= 0.3 is 0 Å². The summed E-state index contributed by atoms with van der Waals surface area (Å²) in [5.74, 6) is 0. The van der Waals surface area contributed by atoms with Crippen LogP contribution in [-0.4, -0.2) is 76.3 Å². The maximum Gasteiger partial charge on any atom is 0.104 e. The Kier molecular flexibility index (Phi) is 7.91. The quantitative estimate of drug-likeness (QED) is 0.335. The van der Waals surface area contributed by atoms with Gasteiger partial charge in [-0.1, -0.05) is 6.92 Å². The van der Waals surface area contributed by atoms with Crippen molar-refractivity contribution >= 4 is 0 Å². The van der Waals surface area contributed by atoms with Crippen LogP contribution in [0.4, 0.5) is 0 Å². The first-order valence-corrected chi connectivity index (χ1v) is 9.09. The average molecular weight is 346 g/mol. The molecule has 0 aliphatic carbocycles. The van der Waals surface area contributed by atoms with Gasteiger partial charge in [-0.2, -0.15) is 0 Å². The van der Waals surface area contributed by atoms with E-state index in [0.29, 0.717) is 51.8 Å². The van der Waals surface area contributed by atoms with E-state index in [9.17, 15) is 0 Å². The van der Waals surface area contributed by atoms with Gasteiger partial charge in [-0.25, -0.2) is 0 Å². The Morgan fingerprint density at radius 1 is 0.875 bits per heavy atom. The van der Waals surface area contributed by atoms with Crippen molar-refractivity contribution in [2.75, 3.05) is 52.9 Å². The van der Waals surface area contributed by atoms with E-state index in [2.05, 4.69) is 13.8 Å². The summed E-state index contributed by atoms with van der Waals surface area (Å²) in [6.45, 7) is 13.8. The number of hydrogen-bond donors (Lipinski definition) is 0. The molecule has 6 nitrogen and oxygen atoms in total. The molecule has 0 saturated carbocycles. The topological polar surface area (TPSA) is 62.0 Å². The monoisotopic (exact) mass is 346 g/mol. The van der Waals surface area contributed by atoms with Crippen molar-refractivity contribution in [3.05, 3.63) is 0 Å². The SMILES string of the molecule is CCC(C)(CCOCC1CO1)OCC(C)(C)OCCOCC1CO1. The fraction of sp³-hybridized carbons (Fsp3) is 1.00. The van der Waals surface area contributed by atoms with Gasteiger partial charge < -0.3 is 28.4 Å². The molecule has 0 aromatic rings. The summed E-state index contributed by atoms with van der Waals surface area (Å²) in [7, 11) is 0. The minimum absolute atomic E-state index is 0.190. The summed E-state index contributed by atoms with van der Waals surface area (Å²) in [5, 5.41) is 0. The minimum Gasteiger partial charge on any atom is -0.379 e. The molecule has 0 aromatic carbocycles. The third-order valence-electron chi connectivity index (χ3n) is 4.42. The highest BCUT2D eigenvalue weighted by Gasteiger charge is 2.29. The molecule has 6 heteroatoms. The molecule has 2 aliphatic heterocycles. The Morgan fingerprint density at radius 3 is 2.00 bits per heavy atom. The summed E-state index contributed by atoms with van der Waals surface area (Å²) in [4.78, 5) is 0. The van der Waals surface area contributed by atoms with Crippen LogP contribution in [0.5, 0.6) is 0 Å². The van der Waals surface area contributed by atoms with Crippen LogP contribution in [0, 0.1) is 0 Å². The zero-order valence-electron chi connectivity index (χ0n) is 15.7. The molecular formula is C18H34O6. The van der Waals surface area contributed by atoms with Crippen LogP contribution in [0.25, 0.3) is 0 Å². The molecule has 3 atom stereocenters. The van der Waals surface area contributed by atoms with Crippen LogP contribution in [-0.2, 0) is 28.4 Å². The molecular weight excluding hydrogens is 312 g/mol. The molecule has 142 valence electrons. The van der Waals surface area contributed by atoms with Gasteiger partial charge in [0.2, 0.25) is 0 Å². The first-order valence-electron chi connectivity index (χ1n) is 9.09. The van der Waals surface area contributed by atoms with Crippen LogP contribution >= 0.6 is 0 Å². The summed E-state index contributed by atoms with van der Waals surface area (Å²) < 4.78 is 33.4. The van der Waals surface area contributed by atoms with E-state index in [4.69, 9.17) is 28.4 Å². The number of ether oxygens (including phenoxy) is 6. The minimum atomic E-state index is -0.335. The fourth-order valence-corrected chi connectivity index (χ4v) is 2.16. The molecule has 2 rings (SSSR count). The standard InChI is InChI=1S/C18H34O6/c1-5-18(4,6-7-19-10-15-12-21-15)24-14-17(2,3)23-9-8-20-11-16-13-22-16/h15-16H,5-14H2,1-4H3. The van der Waals surface area contributed by atoms with E-state index in [1.165, 1.54) is 0 Å².